The number of carbonyl (C=O) groups is 1. The number of hydrogen-bond acceptors (Lipinski definition) is 6. The lowest BCUT2D eigenvalue weighted by atomic mass is 10.0. The topological polar surface area (TPSA) is 86.1 Å². The standard InChI is InChI=1S/C22H30N4O4S/c1-24-10-2-4-19(17-24)25-11-13-26(14-12-25)22(27)18-6-8-21(9-7-18)31(28,29)23-16-20-5-3-15-30-20/h3,5-9,15,19,23H,2,4,10-14,16-17H2,1H3. The van der Waals surface area contributed by atoms with E-state index >= 15 is 0 Å². The van der Waals surface area contributed by atoms with Gasteiger partial charge in [-0.15, -0.1) is 0 Å². The predicted molar refractivity (Wildman–Crippen MR) is 117 cm³/mol. The average molecular weight is 447 g/mol. The normalized spacial score (nSPS) is 21.3. The van der Waals surface area contributed by atoms with Crippen molar-refractivity contribution in [1.29, 1.82) is 0 Å². The SMILES string of the molecule is CN1CCCC(N2CCN(C(=O)c3ccc(S(=O)(=O)NCc4ccco4)cc3)CC2)C1. The Morgan fingerprint density at radius 2 is 1.84 bits per heavy atom. The molecule has 0 aliphatic carbocycles. The summed E-state index contributed by atoms with van der Waals surface area (Å²) in [6.07, 6.45) is 3.95. The maximum atomic E-state index is 12.9. The minimum atomic E-state index is -3.67. The summed E-state index contributed by atoms with van der Waals surface area (Å²) < 4.78 is 32.6. The Morgan fingerprint density at radius 1 is 1.10 bits per heavy atom. The third kappa shape index (κ3) is 5.35. The molecule has 2 fully saturated rings. The zero-order valence-electron chi connectivity index (χ0n) is 17.9. The molecule has 1 atom stereocenters. The van der Waals surface area contributed by atoms with Crippen molar-refractivity contribution in [3.05, 3.63) is 54.0 Å². The molecule has 0 radical (unpaired) electrons. The van der Waals surface area contributed by atoms with Gasteiger partial charge >= 0.3 is 0 Å². The van der Waals surface area contributed by atoms with Crippen molar-refractivity contribution in [3.8, 4) is 0 Å². The number of carbonyl (C=O) groups excluding carboxylic acids is 1. The van der Waals surface area contributed by atoms with E-state index in [1.165, 1.54) is 37.8 Å². The maximum absolute atomic E-state index is 12.9. The molecule has 168 valence electrons. The molecule has 2 aromatic rings. The summed E-state index contributed by atoms with van der Waals surface area (Å²) in [6, 6.07) is 10.1. The van der Waals surface area contributed by atoms with E-state index in [0.717, 1.165) is 19.6 Å². The van der Waals surface area contributed by atoms with E-state index < -0.39 is 10.0 Å². The maximum Gasteiger partial charge on any atom is 0.253 e. The van der Waals surface area contributed by atoms with Gasteiger partial charge in [0.2, 0.25) is 10.0 Å². The molecule has 1 aromatic carbocycles. The second kappa shape index (κ2) is 9.52. The highest BCUT2D eigenvalue weighted by Gasteiger charge is 2.29. The number of likely N-dealkylation sites (N-methyl/N-ethyl adjacent to an activating group) is 1. The number of rotatable bonds is 6. The van der Waals surface area contributed by atoms with Crippen LogP contribution in [-0.2, 0) is 16.6 Å². The lowest BCUT2D eigenvalue weighted by molar-refractivity contribution is 0.0452. The van der Waals surface area contributed by atoms with E-state index in [4.69, 9.17) is 4.42 Å². The Balaban J connectivity index is 1.32. The Kier molecular flexibility index (Phi) is 6.76. The smallest absolute Gasteiger partial charge is 0.253 e. The third-order valence-electron chi connectivity index (χ3n) is 6.15. The van der Waals surface area contributed by atoms with Crippen LogP contribution < -0.4 is 4.72 Å². The molecule has 0 saturated carbocycles. The summed E-state index contributed by atoms with van der Waals surface area (Å²) in [4.78, 5) is 19.8. The minimum Gasteiger partial charge on any atom is -0.468 e. The van der Waals surface area contributed by atoms with Crippen molar-refractivity contribution < 1.29 is 17.6 Å². The van der Waals surface area contributed by atoms with Crippen LogP contribution in [0.25, 0.3) is 0 Å². The first kappa shape index (κ1) is 22.0. The fourth-order valence-corrected chi connectivity index (χ4v) is 5.34. The molecule has 31 heavy (non-hydrogen) atoms. The van der Waals surface area contributed by atoms with Gasteiger partial charge in [0.1, 0.15) is 5.76 Å². The molecule has 2 saturated heterocycles. The van der Waals surface area contributed by atoms with Crippen LogP contribution in [0.3, 0.4) is 0 Å². The monoisotopic (exact) mass is 446 g/mol. The Morgan fingerprint density at radius 3 is 2.48 bits per heavy atom. The fourth-order valence-electron chi connectivity index (χ4n) is 4.35. The van der Waals surface area contributed by atoms with Crippen LogP contribution in [0, 0.1) is 0 Å². The number of benzene rings is 1. The number of nitrogens with one attached hydrogen (secondary N) is 1. The second-order valence-electron chi connectivity index (χ2n) is 8.31. The second-order valence-corrected chi connectivity index (χ2v) is 10.1. The molecular formula is C22H30N4O4S. The minimum absolute atomic E-state index is 0.0482. The summed E-state index contributed by atoms with van der Waals surface area (Å²) in [5.74, 6) is 0.488. The van der Waals surface area contributed by atoms with Crippen LogP contribution >= 0.6 is 0 Å². The van der Waals surface area contributed by atoms with Gasteiger partial charge in [-0.05, 0) is 62.8 Å². The van der Waals surface area contributed by atoms with E-state index in [0.29, 0.717) is 30.5 Å². The largest absolute Gasteiger partial charge is 0.468 e. The average Bonchev–Trinajstić information content (AvgIpc) is 3.31. The lowest BCUT2D eigenvalue weighted by Gasteiger charge is -2.42. The number of piperazine rings is 1. The van der Waals surface area contributed by atoms with Gasteiger partial charge in [0.05, 0.1) is 17.7 Å². The number of hydrogen-bond donors (Lipinski definition) is 1. The molecular weight excluding hydrogens is 416 g/mol. The van der Waals surface area contributed by atoms with Gasteiger partial charge < -0.3 is 14.2 Å². The van der Waals surface area contributed by atoms with Crippen LogP contribution in [0.1, 0.15) is 29.0 Å². The van der Waals surface area contributed by atoms with E-state index in [-0.39, 0.29) is 17.3 Å². The first-order valence-corrected chi connectivity index (χ1v) is 12.2. The molecule has 0 bridgehead atoms. The van der Waals surface area contributed by atoms with Crippen molar-refractivity contribution in [2.24, 2.45) is 0 Å². The van der Waals surface area contributed by atoms with Crippen LogP contribution in [0.15, 0.2) is 52.0 Å². The van der Waals surface area contributed by atoms with Crippen molar-refractivity contribution >= 4 is 15.9 Å². The van der Waals surface area contributed by atoms with Crippen LogP contribution in [0.4, 0.5) is 0 Å². The molecule has 1 N–H and O–H groups in total. The molecule has 2 aliphatic heterocycles. The molecule has 8 nitrogen and oxygen atoms in total. The number of amides is 1. The van der Waals surface area contributed by atoms with Gasteiger partial charge in [0, 0.05) is 44.3 Å². The Hall–Kier alpha value is -2.20. The van der Waals surface area contributed by atoms with Crippen LogP contribution in [0.5, 0.6) is 0 Å². The Bertz CT molecular complexity index is 967. The fraction of sp³-hybridized carbons (Fsp3) is 0.500. The number of furan rings is 1. The van der Waals surface area contributed by atoms with Gasteiger partial charge in [-0.3, -0.25) is 9.69 Å². The van der Waals surface area contributed by atoms with Gasteiger partial charge in [-0.1, -0.05) is 0 Å². The van der Waals surface area contributed by atoms with Gasteiger partial charge in [0.25, 0.3) is 5.91 Å². The van der Waals surface area contributed by atoms with Crippen LogP contribution in [0.2, 0.25) is 0 Å². The van der Waals surface area contributed by atoms with Crippen LogP contribution in [-0.4, -0.2) is 81.4 Å². The molecule has 3 heterocycles. The predicted octanol–water partition coefficient (Wildman–Crippen LogP) is 1.61. The zero-order chi connectivity index (χ0) is 21.8. The van der Waals surface area contributed by atoms with E-state index in [1.807, 2.05) is 4.90 Å². The van der Waals surface area contributed by atoms with E-state index in [1.54, 1.807) is 24.3 Å². The highest BCUT2D eigenvalue weighted by atomic mass is 32.2. The van der Waals surface area contributed by atoms with Crippen molar-refractivity contribution in [3.63, 3.8) is 0 Å². The van der Waals surface area contributed by atoms with E-state index in [2.05, 4.69) is 21.6 Å². The highest BCUT2D eigenvalue weighted by Crippen LogP contribution is 2.18. The number of piperidine rings is 1. The quantitative estimate of drug-likeness (QED) is 0.726. The summed E-state index contributed by atoms with van der Waals surface area (Å²) in [5, 5.41) is 0. The molecule has 1 amide bonds. The van der Waals surface area contributed by atoms with Crippen molar-refractivity contribution in [1.82, 2.24) is 19.4 Å². The van der Waals surface area contributed by atoms with Gasteiger partial charge in [0.15, 0.2) is 0 Å². The Labute approximate surface area is 183 Å². The first-order valence-electron chi connectivity index (χ1n) is 10.8. The molecule has 0 spiro atoms. The zero-order valence-corrected chi connectivity index (χ0v) is 18.7. The summed E-state index contributed by atoms with van der Waals surface area (Å²) in [5.41, 5.74) is 0.510. The number of nitrogens with zero attached hydrogens (tertiary/aromatic N) is 3. The van der Waals surface area contributed by atoms with E-state index in [9.17, 15) is 13.2 Å². The van der Waals surface area contributed by atoms with Crippen molar-refractivity contribution in [2.45, 2.75) is 30.3 Å². The van der Waals surface area contributed by atoms with Crippen molar-refractivity contribution in [2.75, 3.05) is 46.3 Å². The summed E-state index contributed by atoms with van der Waals surface area (Å²) >= 11 is 0. The molecule has 2 aliphatic rings. The number of sulfonamides is 1. The molecule has 1 aromatic heterocycles. The van der Waals surface area contributed by atoms with Gasteiger partial charge in [-0.25, -0.2) is 13.1 Å². The molecule has 4 rings (SSSR count). The van der Waals surface area contributed by atoms with Gasteiger partial charge in [-0.2, -0.15) is 0 Å². The summed E-state index contributed by atoms with van der Waals surface area (Å²) in [6.45, 7) is 5.50. The molecule has 9 heteroatoms. The first-order chi connectivity index (χ1) is 14.9. The highest BCUT2D eigenvalue weighted by molar-refractivity contribution is 7.89. The molecule has 1 unspecified atom stereocenters. The number of likely N-dealkylation sites (tertiary alicyclic amines) is 1. The third-order valence-corrected chi connectivity index (χ3v) is 7.56. The summed E-state index contributed by atoms with van der Waals surface area (Å²) in [7, 11) is -1.50. The lowest BCUT2D eigenvalue weighted by Crippen LogP contribution is -2.55.